The maximum atomic E-state index is 13.3. The topological polar surface area (TPSA) is 52.9 Å². The monoisotopic (exact) mass is 314 g/mol. The van der Waals surface area contributed by atoms with Crippen molar-refractivity contribution in [3.63, 3.8) is 0 Å². The molecule has 1 atom stereocenters. The molecule has 7 heteroatoms. The van der Waals surface area contributed by atoms with E-state index in [0.29, 0.717) is 0 Å². The van der Waals surface area contributed by atoms with E-state index >= 15 is 0 Å². The minimum Gasteiger partial charge on any atom is -0.362 e. The molecule has 0 aliphatic carbocycles. The number of hydrogen-bond donors (Lipinski definition) is 1. The summed E-state index contributed by atoms with van der Waals surface area (Å²) < 4.78 is 39.8. The molecule has 0 fully saturated rings. The molecule has 1 amide bonds. The van der Waals surface area contributed by atoms with Gasteiger partial charge in [0.05, 0.1) is 0 Å². The van der Waals surface area contributed by atoms with E-state index in [0.717, 1.165) is 0 Å². The molecule has 0 saturated carbocycles. The second-order valence-corrected chi connectivity index (χ2v) is 5.74. The van der Waals surface area contributed by atoms with Crippen LogP contribution in [0.25, 0.3) is 0 Å². The van der Waals surface area contributed by atoms with Crippen molar-refractivity contribution >= 4 is 11.6 Å². The number of rotatable bonds is 3. The molecule has 1 aromatic carbocycles. The van der Waals surface area contributed by atoms with Crippen LogP contribution in [-0.4, -0.2) is 33.6 Å². The summed E-state index contributed by atoms with van der Waals surface area (Å²) in [6.07, 6.45) is -5.41. The SMILES string of the molecule is CC(C)CC1=NN(C(=O)c2ccccc2)[C@@](O)(C(F)(F)F)C1. The van der Waals surface area contributed by atoms with Gasteiger partial charge in [-0.05, 0) is 24.5 Å². The molecule has 0 unspecified atom stereocenters. The van der Waals surface area contributed by atoms with Gasteiger partial charge >= 0.3 is 6.18 Å². The lowest BCUT2D eigenvalue weighted by Gasteiger charge is -2.32. The first kappa shape index (κ1) is 16.5. The normalized spacial score (nSPS) is 22.1. The Labute approximate surface area is 126 Å². The standard InChI is InChI=1S/C15H17F3N2O2/c1-10(2)8-12-9-14(22,15(16,17)18)20(19-12)13(21)11-6-4-3-5-7-11/h3-7,10,22H,8-9H2,1-2H3/t14-/m0/s1. The predicted octanol–water partition coefficient (Wildman–Crippen LogP) is 3.19. The zero-order valence-electron chi connectivity index (χ0n) is 12.3. The second-order valence-electron chi connectivity index (χ2n) is 5.74. The highest BCUT2D eigenvalue weighted by atomic mass is 19.4. The van der Waals surface area contributed by atoms with Gasteiger partial charge in [0.25, 0.3) is 11.6 Å². The van der Waals surface area contributed by atoms with Crippen LogP contribution in [0.2, 0.25) is 0 Å². The van der Waals surface area contributed by atoms with Crippen LogP contribution in [-0.2, 0) is 0 Å². The van der Waals surface area contributed by atoms with E-state index in [4.69, 9.17) is 0 Å². The van der Waals surface area contributed by atoms with Crippen molar-refractivity contribution in [2.45, 2.75) is 38.6 Å². The van der Waals surface area contributed by atoms with Crippen LogP contribution < -0.4 is 0 Å². The summed E-state index contributed by atoms with van der Waals surface area (Å²) in [6, 6.07) is 7.48. The maximum Gasteiger partial charge on any atom is 0.438 e. The molecule has 0 spiro atoms. The molecule has 120 valence electrons. The molecule has 1 aromatic rings. The number of halogens is 3. The van der Waals surface area contributed by atoms with Gasteiger partial charge in [0.2, 0.25) is 0 Å². The van der Waals surface area contributed by atoms with E-state index in [1.807, 2.05) is 13.8 Å². The van der Waals surface area contributed by atoms with E-state index in [9.17, 15) is 23.1 Å². The van der Waals surface area contributed by atoms with Gasteiger partial charge in [0.15, 0.2) is 0 Å². The first-order chi connectivity index (χ1) is 10.1. The minimum atomic E-state index is -4.99. The third-order valence-electron chi connectivity index (χ3n) is 3.35. The van der Waals surface area contributed by atoms with Gasteiger partial charge in [-0.25, -0.2) is 0 Å². The molecule has 4 nitrogen and oxygen atoms in total. The molecule has 0 radical (unpaired) electrons. The Bertz CT molecular complexity index is 584. The predicted molar refractivity (Wildman–Crippen MR) is 75.1 cm³/mol. The summed E-state index contributed by atoms with van der Waals surface area (Å²) in [7, 11) is 0. The van der Waals surface area contributed by atoms with Crippen molar-refractivity contribution < 1.29 is 23.1 Å². The molecule has 0 bridgehead atoms. The number of hydrazone groups is 1. The summed E-state index contributed by atoms with van der Waals surface area (Å²) in [5.74, 6) is -0.901. The Kier molecular flexibility index (Phi) is 4.28. The van der Waals surface area contributed by atoms with E-state index in [1.54, 1.807) is 6.07 Å². The number of carbonyl (C=O) groups excluding carboxylic acids is 1. The van der Waals surface area contributed by atoms with Gasteiger partial charge in [-0.15, -0.1) is 0 Å². The number of hydrogen-bond acceptors (Lipinski definition) is 3. The fourth-order valence-electron chi connectivity index (χ4n) is 2.34. The third-order valence-corrected chi connectivity index (χ3v) is 3.35. The lowest BCUT2D eigenvalue weighted by molar-refractivity contribution is -0.297. The van der Waals surface area contributed by atoms with Crippen LogP contribution >= 0.6 is 0 Å². The Morgan fingerprint density at radius 3 is 2.45 bits per heavy atom. The Morgan fingerprint density at radius 1 is 1.36 bits per heavy atom. The third kappa shape index (κ3) is 2.99. The van der Waals surface area contributed by atoms with Gasteiger partial charge in [0.1, 0.15) is 0 Å². The van der Waals surface area contributed by atoms with E-state index < -0.39 is 24.2 Å². The van der Waals surface area contributed by atoms with Gasteiger partial charge < -0.3 is 5.11 Å². The number of nitrogens with zero attached hydrogens (tertiary/aromatic N) is 2. The van der Waals surface area contributed by atoms with Crippen molar-refractivity contribution in [1.29, 1.82) is 0 Å². The largest absolute Gasteiger partial charge is 0.438 e. The summed E-state index contributed by atoms with van der Waals surface area (Å²) >= 11 is 0. The molecule has 2 rings (SSSR count). The Balaban J connectivity index is 2.39. The van der Waals surface area contributed by atoms with Crippen LogP contribution in [0.1, 0.15) is 37.0 Å². The minimum absolute atomic E-state index is 0.0414. The fraction of sp³-hybridized carbons (Fsp3) is 0.467. The molecule has 1 aliphatic rings. The summed E-state index contributed by atoms with van der Waals surface area (Å²) in [4.78, 5) is 12.3. The molecule has 1 heterocycles. The van der Waals surface area contributed by atoms with Gasteiger partial charge in [-0.3, -0.25) is 4.79 Å². The van der Waals surface area contributed by atoms with E-state index in [1.165, 1.54) is 24.3 Å². The smallest absolute Gasteiger partial charge is 0.362 e. The molecule has 0 aromatic heterocycles. The van der Waals surface area contributed by atoms with Gasteiger partial charge in [-0.2, -0.15) is 23.3 Å². The van der Waals surface area contributed by atoms with E-state index in [-0.39, 0.29) is 28.6 Å². The summed E-state index contributed by atoms with van der Waals surface area (Å²) in [5, 5.41) is 14.0. The first-order valence-electron chi connectivity index (χ1n) is 6.90. The molecular weight excluding hydrogens is 297 g/mol. The maximum absolute atomic E-state index is 13.3. The molecule has 22 heavy (non-hydrogen) atoms. The van der Waals surface area contributed by atoms with Gasteiger partial charge in [-0.1, -0.05) is 32.0 Å². The second kappa shape index (κ2) is 5.72. The lowest BCUT2D eigenvalue weighted by atomic mass is 9.99. The number of alkyl halides is 3. The quantitative estimate of drug-likeness (QED) is 0.931. The highest BCUT2D eigenvalue weighted by Crippen LogP contribution is 2.41. The van der Waals surface area contributed by atoms with E-state index in [2.05, 4.69) is 5.10 Å². The molecule has 1 aliphatic heterocycles. The van der Waals surface area contributed by atoms with Crippen molar-refractivity contribution in [2.75, 3.05) is 0 Å². The first-order valence-corrected chi connectivity index (χ1v) is 6.90. The van der Waals surface area contributed by atoms with Crippen molar-refractivity contribution in [3.05, 3.63) is 35.9 Å². The number of amides is 1. The average Bonchev–Trinajstić information content (AvgIpc) is 2.76. The lowest BCUT2D eigenvalue weighted by Crippen LogP contribution is -2.56. The van der Waals surface area contributed by atoms with Crippen molar-refractivity contribution in [3.8, 4) is 0 Å². The van der Waals surface area contributed by atoms with Gasteiger partial charge in [0, 0.05) is 17.7 Å². The number of benzene rings is 1. The molecule has 0 saturated heterocycles. The average molecular weight is 314 g/mol. The van der Waals surface area contributed by atoms with Crippen LogP contribution in [0.3, 0.4) is 0 Å². The van der Waals surface area contributed by atoms with Crippen LogP contribution in [0.4, 0.5) is 13.2 Å². The van der Waals surface area contributed by atoms with Crippen LogP contribution in [0.5, 0.6) is 0 Å². The van der Waals surface area contributed by atoms with Crippen LogP contribution in [0, 0.1) is 5.92 Å². The Hall–Kier alpha value is -1.89. The number of carbonyl (C=O) groups is 1. The summed E-state index contributed by atoms with van der Waals surface area (Å²) in [6.45, 7) is 3.66. The summed E-state index contributed by atoms with van der Waals surface area (Å²) in [5.41, 5.74) is -3.08. The fourth-order valence-corrected chi connectivity index (χ4v) is 2.34. The zero-order valence-corrected chi connectivity index (χ0v) is 12.3. The molecule has 1 N–H and O–H groups in total. The zero-order chi connectivity index (χ0) is 16.5. The van der Waals surface area contributed by atoms with Crippen molar-refractivity contribution in [1.82, 2.24) is 5.01 Å². The number of aliphatic hydroxyl groups is 1. The van der Waals surface area contributed by atoms with Crippen LogP contribution in [0.15, 0.2) is 35.4 Å². The molecular formula is C15H17F3N2O2. The Morgan fingerprint density at radius 2 is 1.95 bits per heavy atom. The highest BCUT2D eigenvalue weighted by Gasteiger charge is 2.63. The highest BCUT2D eigenvalue weighted by molar-refractivity contribution is 5.98. The van der Waals surface area contributed by atoms with Crippen molar-refractivity contribution in [2.24, 2.45) is 11.0 Å².